The molecule has 0 atom stereocenters. The van der Waals surface area contributed by atoms with Crippen LogP contribution >= 0.6 is 0 Å². The van der Waals surface area contributed by atoms with Gasteiger partial charge in [-0.3, -0.25) is 4.68 Å². The Morgan fingerprint density at radius 1 is 1.69 bits per heavy atom. The quantitative estimate of drug-likeness (QED) is 0.774. The highest BCUT2D eigenvalue weighted by molar-refractivity contribution is 5.88. The molecule has 4 heteroatoms. The normalized spacial score (nSPS) is 10.8. The minimum atomic E-state index is -0.899. The van der Waals surface area contributed by atoms with Gasteiger partial charge in [-0.25, -0.2) is 4.79 Å². The molecule has 0 unspecified atom stereocenters. The molecule has 0 amide bonds. The molecule has 0 fully saturated rings. The van der Waals surface area contributed by atoms with Crippen LogP contribution in [0.4, 0.5) is 0 Å². The molecule has 0 aliphatic rings. The predicted molar refractivity (Wildman–Crippen MR) is 48.9 cm³/mol. The monoisotopic (exact) mass is 182 g/mol. The van der Waals surface area contributed by atoms with Crippen LogP contribution in [-0.4, -0.2) is 20.9 Å². The topological polar surface area (TPSA) is 55.1 Å². The van der Waals surface area contributed by atoms with Gasteiger partial charge in [-0.1, -0.05) is 6.92 Å². The van der Waals surface area contributed by atoms with Crippen molar-refractivity contribution < 1.29 is 9.90 Å². The smallest absolute Gasteiger partial charge is 0.339 e. The third-order valence-electron chi connectivity index (χ3n) is 1.95. The van der Waals surface area contributed by atoms with Gasteiger partial charge in [0.25, 0.3) is 0 Å². The van der Waals surface area contributed by atoms with Gasteiger partial charge < -0.3 is 5.11 Å². The lowest BCUT2D eigenvalue weighted by molar-refractivity contribution is 0.0695. The number of hydrogen-bond donors (Lipinski definition) is 1. The summed E-state index contributed by atoms with van der Waals surface area (Å²) in [5.74, 6) is -0.899. The fourth-order valence-electron chi connectivity index (χ4n) is 1.36. The van der Waals surface area contributed by atoms with Crippen molar-refractivity contribution in [3.8, 4) is 0 Å². The first-order valence-corrected chi connectivity index (χ1v) is 4.37. The maximum Gasteiger partial charge on any atom is 0.339 e. The van der Waals surface area contributed by atoms with E-state index in [1.165, 1.54) is 6.20 Å². The van der Waals surface area contributed by atoms with E-state index in [-0.39, 0.29) is 6.04 Å². The first-order valence-electron chi connectivity index (χ1n) is 4.37. The minimum absolute atomic E-state index is 0.211. The first kappa shape index (κ1) is 9.77. The van der Waals surface area contributed by atoms with E-state index in [2.05, 4.69) is 5.10 Å². The molecular weight excluding hydrogens is 168 g/mol. The third kappa shape index (κ3) is 1.71. The van der Waals surface area contributed by atoms with Crippen LogP contribution in [0.25, 0.3) is 0 Å². The van der Waals surface area contributed by atoms with Crippen molar-refractivity contribution in [2.45, 2.75) is 33.2 Å². The Morgan fingerprint density at radius 3 is 2.69 bits per heavy atom. The lowest BCUT2D eigenvalue weighted by Gasteiger charge is -2.09. The van der Waals surface area contributed by atoms with Crippen molar-refractivity contribution in [1.29, 1.82) is 0 Å². The molecule has 72 valence electrons. The number of carboxylic acids is 1. The summed E-state index contributed by atoms with van der Waals surface area (Å²) >= 11 is 0. The first-order chi connectivity index (χ1) is 6.07. The van der Waals surface area contributed by atoms with E-state index in [0.29, 0.717) is 12.0 Å². The van der Waals surface area contributed by atoms with Gasteiger partial charge in [-0.05, 0) is 20.3 Å². The molecule has 0 bridgehead atoms. The SMILES string of the molecule is CCc1c(C(=O)O)cnn1C(C)C. The largest absolute Gasteiger partial charge is 0.478 e. The molecule has 0 aliphatic carbocycles. The summed E-state index contributed by atoms with van der Waals surface area (Å²) in [5, 5.41) is 12.9. The van der Waals surface area contributed by atoms with Gasteiger partial charge in [0.1, 0.15) is 5.56 Å². The average Bonchev–Trinajstić information content (AvgIpc) is 2.46. The molecule has 0 aromatic carbocycles. The molecular formula is C9H14N2O2. The highest BCUT2D eigenvalue weighted by Gasteiger charge is 2.15. The maximum atomic E-state index is 10.8. The predicted octanol–water partition coefficient (Wildman–Crippen LogP) is 1.72. The summed E-state index contributed by atoms with van der Waals surface area (Å²) in [7, 11) is 0. The summed E-state index contributed by atoms with van der Waals surface area (Å²) in [6.07, 6.45) is 2.11. The average molecular weight is 182 g/mol. The summed E-state index contributed by atoms with van der Waals surface area (Å²) < 4.78 is 1.75. The van der Waals surface area contributed by atoms with E-state index in [1.54, 1.807) is 4.68 Å². The van der Waals surface area contributed by atoms with Gasteiger partial charge in [0.2, 0.25) is 0 Å². The van der Waals surface area contributed by atoms with Gasteiger partial charge in [0.15, 0.2) is 0 Å². The summed E-state index contributed by atoms with van der Waals surface area (Å²) in [6, 6.07) is 0.211. The zero-order chi connectivity index (χ0) is 10.0. The molecule has 1 rings (SSSR count). The Morgan fingerprint density at radius 2 is 2.31 bits per heavy atom. The van der Waals surface area contributed by atoms with Gasteiger partial charge in [0.05, 0.1) is 11.9 Å². The highest BCUT2D eigenvalue weighted by atomic mass is 16.4. The van der Waals surface area contributed by atoms with E-state index >= 15 is 0 Å². The summed E-state index contributed by atoms with van der Waals surface area (Å²) in [5.41, 5.74) is 1.11. The molecule has 1 N–H and O–H groups in total. The fourth-order valence-corrected chi connectivity index (χ4v) is 1.36. The van der Waals surface area contributed by atoms with Crippen molar-refractivity contribution in [2.75, 3.05) is 0 Å². The van der Waals surface area contributed by atoms with Crippen molar-refractivity contribution in [3.63, 3.8) is 0 Å². The fraction of sp³-hybridized carbons (Fsp3) is 0.556. The van der Waals surface area contributed by atoms with E-state index in [0.717, 1.165) is 5.69 Å². The number of rotatable bonds is 3. The van der Waals surface area contributed by atoms with Crippen LogP contribution in [0, 0.1) is 0 Å². The third-order valence-corrected chi connectivity index (χ3v) is 1.95. The van der Waals surface area contributed by atoms with Crippen LogP contribution in [0.3, 0.4) is 0 Å². The number of carbonyl (C=O) groups is 1. The Labute approximate surface area is 77.2 Å². The number of nitrogens with zero attached hydrogens (tertiary/aromatic N) is 2. The minimum Gasteiger partial charge on any atom is -0.478 e. The van der Waals surface area contributed by atoms with E-state index < -0.39 is 5.97 Å². The molecule has 1 aromatic rings. The van der Waals surface area contributed by atoms with Crippen LogP contribution < -0.4 is 0 Å². The zero-order valence-corrected chi connectivity index (χ0v) is 8.11. The number of aromatic nitrogens is 2. The lowest BCUT2D eigenvalue weighted by atomic mass is 10.2. The van der Waals surface area contributed by atoms with Gasteiger partial charge in [-0.15, -0.1) is 0 Å². The summed E-state index contributed by atoms with van der Waals surface area (Å²) in [6.45, 7) is 5.90. The van der Waals surface area contributed by atoms with E-state index in [4.69, 9.17) is 5.11 Å². The van der Waals surface area contributed by atoms with Crippen molar-refractivity contribution in [3.05, 3.63) is 17.5 Å². The molecule has 0 saturated heterocycles. The molecule has 1 heterocycles. The Balaban J connectivity index is 3.18. The molecule has 0 saturated carbocycles. The number of carboxylic acid groups (broad SMARTS) is 1. The molecule has 1 aromatic heterocycles. The number of aromatic carboxylic acids is 1. The van der Waals surface area contributed by atoms with Gasteiger partial charge in [0, 0.05) is 6.04 Å². The maximum absolute atomic E-state index is 10.8. The van der Waals surface area contributed by atoms with Crippen molar-refractivity contribution >= 4 is 5.97 Å². The zero-order valence-electron chi connectivity index (χ0n) is 8.11. The van der Waals surface area contributed by atoms with Crippen LogP contribution in [0.15, 0.2) is 6.20 Å². The summed E-state index contributed by atoms with van der Waals surface area (Å²) in [4.78, 5) is 10.8. The van der Waals surface area contributed by atoms with Crippen LogP contribution in [0.1, 0.15) is 42.9 Å². The second-order valence-corrected chi connectivity index (χ2v) is 3.20. The standard InChI is InChI=1S/C9H14N2O2/c1-4-8-7(9(12)13)5-10-11(8)6(2)3/h5-6H,4H2,1-3H3,(H,12,13). The second-order valence-electron chi connectivity index (χ2n) is 3.20. The van der Waals surface area contributed by atoms with Crippen molar-refractivity contribution in [2.24, 2.45) is 0 Å². The van der Waals surface area contributed by atoms with E-state index in [1.807, 2.05) is 20.8 Å². The molecule has 0 aliphatic heterocycles. The molecule has 13 heavy (non-hydrogen) atoms. The van der Waals surface area contributed by atoms with Crippen LogP contribution in [-0.2, 0) is 6.42 Å². The number of hydrogen-bond acceptors (Lipinski definition) is 2. The van der Waals surface area contributed by atoms with Crippen LogP contribution in [0.2, 0.25) is 0 Å². The lowest BCUT2D eigenvalue weighted by Crippen LogP contribution is -2.09. The van der Waals surface area contributed by atoms with Crippen LogP contribution in [0.5, 0.6) is 0 Å². The molecule has 0 radical (unpaired) electrons. The second kappa shape index (κ2) is 3.60. The Kier molecular flexibility index (Phi) is 2.70. The van der Waals surface area contributed by atoms with E-state index in [9.17, 15) is 4.79 Å². The molecule has 4 nitrogen and oxygen atoms in total. The highest BCUT2D eigenvalue weighted by Crippen LogP contribution is 2.14. The van der Waals surface area contributed by atoms with Crippen molar-refractivity contribution in [1.82, 2.24) is 9.78 Å². The van der Waals surface area contributed by atoms with Gasteiger partial charge in [-0.2, -0.15) is 5.10 Å². The molecule has 0 spiro atoms. The Bertz CT molecular complexity index is 315. The van der Waals surface area contributed by atoms with Gasteiger partial charge >= 0.3 is 5.97 Å². The Hall–Kier alpha value is -1.32.